The van der Waals surface area contributed by atoms with Crippen LogP contribution in [0.3, 0.4) is 0 Å². The predicted molar refractivity (Wildman–Crippen MR) is 61.5 cm³/mol. The van der Waals surface area contributed by atoms with Crippen LogP contribution in [0.2, 0.25) is 0 Å². The van der Waals surface area contributed by atoms with Gasteiger partial charge in [0.2, 0.25) is 0 Å². The number of aromatic nitrogens is 1. The average molecular weight is 236 g/mol. The van der Waals surface area contributed by atoms with Gasteiger partial charge in [0.25, 0.3) is 5.91 Å². The van der Waals surface area contributed by atoms with Gasteiger partial charge in [0.05, 0.1) is 17.8 Å². The van der Waals surface area contributed by atoms with E-state index in [1.54, 1.807) is 23.6 Å². The van der Waals surface area contributed by atoms with Gasteiger partial charge in [-0.3, -0.25) is 4.79 Å². The van der Waals surface area contributed by atoms with Crippen molar-refractivity contribution in [2.75, 3.05) is 0 Å². The largest absolute Gasteiger partial charge is 0.459 e. The van der Waals surface area contributed by atoms with E-state index in [1.807, 2.05) is 13.8 Å². The second-order valence-electron chi connectivity index (χ2n) is 3.46. The third-order valence-corrected chi connectivity index (χ3v) is 3.07. The van der Waals surface area contributed by atoms with Crippen molar-refractivity contribution in [1.82, 2.24) is 10.3 Å². The summed E-state index contributed by atoms with van der Waals surface area (Å²) in [6.45, 7) is 4.27. The van der Waals surface area contributed by atoms with Crippen molar-refractivity contribution in [3.05, 3.63) is 39.7 Å². The first-order valence-corrected chi connectivity index (χ1v) is 5.72. The molecule has 2 aromatic heterocycles. The monoisotopic (exact) mass is 236 g/mol. The molecular weight excluding hydrogens is 224 g/mol. The van der Waals surface area contributed by atoms with Crippen LogP contribution in [0.5, 0.6) is 0 Å². The molecule has 1 amide bonds. The molecule has 0 bridgehead atoms. The molecule has 84 valence electrons. The van der Waals surface area contributed by atoms with Crippen LogP contribution in [0.25, 0.3) is 0 Å². The second kappa shape index (κ2) is 4.49. The summed E-state index contributed by atoms with van der Waals surface area (Å²) in [6.07, 6.45) is 3.29. The Bertz CT molecular complexity index is 502. The van der Waals surface area contributed by atoms with E-state index in [0.29, 0.717) is 12.3 Å². The maximum absolute atomic E-state index is 11.7. The number of hydrogen-bond donors (Lipinski definition) is 1. The Morgan fingerprint density at radius 3 is 2.94 bits per heavy atom. The van der Waals surface area contributed by atoms with Crippen molar-refractivity contribution in [3.8, 4) is 0 Å². The zero-order valence-corrected chi connectivity index (χ0v) is 9.93. The molecule has 0 aromatic carbocycles. The first-order valence-electron chi connectivity index (χ1n) is 4.90. The smallest absolute Gasteiger partial charge is 0.287 e. The Morgan fingerprint density at radius 2 is 2.38 bits per heavy atom. The SMILES string of the molecule is Cc1ncc(CNC(=O)c2occc2C)s1. The molecule has 4 nitrogen and oxygen atoms in total. The topological polar surface area (TPSA) is 55.1 Å². The third kappa shape index (κ3) is 2.30. The number of carbonyl (C=O) groups excluding carboxylic acids is 1. The summed E-state index contributed by atoms with van der Waals surface area (Å²) in [6, 6.07) is 1.77. The number of amides is 1. The molecule has 0 aliphatic heterocycles. The summed E-state index contributed by atoms with van der Waals surface area (Å²) in [4.78, 5) is 16.8. The van der Waals surface area contributed by atoms with Crippen molar-refractivity contribution in [3.63, 3.8) is 0 Å². The summed E-state index contributed by atoms with van der Waals surface area (Å²) in [5.74, 6) is 0.190. The van der Waals surface area contributed by atoms with Gasteiger partial charge in [-0.05, 0) is 19.9 Å². The van der Waals surface area contributed by atoms with Crippen molar-refractivity contribution in [1.29, 1.82) is 0 Å². The quantitative estimate of drug-likeness (QED) is 0.889. The number of carbonyl (C=O) groups is 1. The van der Waals surface area contributed by atoms with Gasteiger partial charge in [0.1, 0.15) is 0 Å². The zero-order valence-electron chi connectivity index (χ0n) is 9.11. The fourth-order valence-electron chi connectivity index (χ4n) is 1.34. The van der Waals surface area contributed by atoms with Crippen molar-refractivity contribution in [2.24, 2.45) is 0 Å². The summed E-state index contributed by atoms with van der Waals surface area (Å²) < 4.78 is 5.10. The first-order chi connectivity index (χ1) is 7.66. The highest BCUT2D eigenvalue weighted by molar-refractivity contribution is 7.11. The van der Waals surface area contributed by atoms with Gasteiger partial charge in [-0.25, -0.2) is 4.98 Å². The van der Waals surface area contributed by atoms with Crippen molar-refractivity contribution >= 4 is 17.2 Å². The summed E-state index contributed by atoms with van der Waals surface area (Å²) in [7, 11) is 0. The molecular formula is C11H12N2O2S. The normalized spacial score (nSPS) is 10.4. The van der Waals surface area contributed by atoms with Gasteiger partial charge in [0, 0.05) is 16.6 Å². The van der Waals surface area contributed by atoms with E-state index >= 15 is 0 Å². The number of nitrogens with one attached hydrogen (secondary N) is 1. The van der Waals surface area contributed by atoms with E-state index in [2.05, 4.69) is 10.3 Å². The van der Waals surface area contributed by atoms with Crippen LogP contribution in [0.15, 0.2) is 22.9 Å². The Morgan fingerprint density at radius 1 is 1.56 bits per heavy atom. The highest BCUT2D eigenvalue weighted by atomic mass is 32.1. The van der Waals surface area contributed by atoms with E-state index in [1.165, 1.54) is 6.26 Å². The molecule has 1 N–H and O–H groups in total. The van der Waals surface area contributed by atoms with E-state index in [4.69, 9.17) is 4.42 Å². The molecule has 2 aromatic rings. The number of nitrogens with zero attached hydrogens (tertiary/aromatic N) is 1. The van der Waals surface area contributed by atoms with Crippen molar-refractivity contribution < 1.29 is 9.21 Å². The molecule has 2 heterocycles. The molecule has 2 rings (SSSR count). The van der Waals surface area contributed by atoms with Crippen LogP contribution >= 0.6 is 11.3 Å². The molecule has 0 fully saturated rings. The summed E-state index contributed by atoms with van der Waals surface area (Å²) in [5, 5.41) is 3.79. The Kier molecular flexibility index (Phi) is 3.05. The molecule has 0 saturated carbocycles. The fraction of sp³-hybridized carbons (Fsp3) is 0.273. The lowest BCUT2D eigenvalue weighted by Gasteiger charge is -2.00. The van der Waals surface area contributed by atoms with E-state index in [0.717, 1.165) is 15.4 Å². The van der Waals surface area contributed by atoms with E-state index in [9.17, 15) is 4.79 Å². The van der Waals surface area contributed by atoms with Crippen LogP contribution in [-0.2, 0) is 6.54 Å². The standard InChI is InChI=1S/C11H12N2O2S/c1-7-3-4-15-10(7)11(14)13-6-9-5-12-8(2)16-9/h3-5H,6H2,1-2H3,(H,13,14). The molecule has 0 radical (unpaired) electrons. The van der Waals surface area contributed by atoms with Gasteiger partial charge >= 0.3 is 0 Å². The minimum absolute atomic E-state index is 0.187. The van der Waals surface area contributed by atoms with Gasteiger partial charge in [-0.2, -0.15) is 0 Å². The highest BCUT2D eigenvalue weighted by Gasteiger charge is 2.12. The Balaban J connectivity index is 1.96. The van der Waals surface area contributed by atoms with Gasteiger partial charge in [0.15, 0.2) is 5.76 Å². The molecule has 0 atom stereocenters. The number of furan rings is 1. The lowest BCUT2D eigenvalue weighted by atomic mass is 10.3. The predicted octanol–water partition coefficient (Wildman–Crippen LogP) is 2.28. The first kappa shape index (κ1) is 10.9. The van der Waals surface area contributed by atoms with Crippen LogP contribution in [-0.4, -0.2) is 10.9 Å². The van der Waals surface area contributed by atoms with Crippen LogP contribution < -0.4 is 5.32 Å². The molecule has 16 heavy (non-hydrogen) atoms. The second-order valence-corrected chi connectivity index (χ2v) is 4.78. The van der Waals surface area contributed by atoms with E-state index in [-0.39, 0.29) is 5.91 Å². The minimum Gasteiger partial charge on any atom is -0.459 e. The number of thiazole rings is 1. The molecule has 0 saturated heterocycles. The summed E-state index contributed by atoms with van der Waals surface area (Å²) in [5.41, 5.74) is 0.845. The number of rotatable bonds is 3. The lowest BCUT2D eigenvalue weighted by molar-refractivity contribution is 0.0922. The van der Waals surface area contributed by atoms with Gasteiger partial charge in [-0.15, -0.1) is 11.3 Å². The Labute approximate surface area is 97.3 Å². The molecule has 5 heteroatoms. The third-order valence-electron chi connectivity index (χ3n) is 2.16. The molecule has 0 unspecified atom stereocenters. The zero-order chi connectivity index (χ0) is 11.5. The minimum atomic E-state index is -0.187. The van der Waals surface area contributed by atoms with Gasteiger partial charge in [-0.1, -0.05) is 0 Å². The van der Waals surface area contributed by atoms with Gasteiger partial charge < -0.3 is 9.73 Å². The fourth-order valence-corrected chi connectivity index (χ4v) is 2.07. The van der Waals surface area contributed by atoms with Crippen LogP contribution in [0.1, 0.15) is 26.0 Å². The maximum Gasteiger partial charge on any atom is 0.287 e. The highest BCUT2D eigenvalue weighted by Crippen LogP contribution is 2.12. The van der Waals surface area contributed by atoms with Crippen LogP contribution in [0.4, 0.5) is 0 Å². The number of hydrogen-bond acceptors (Lipinski definition) is 4. The maximum atomic E-state index is 11.7. The van der Waals surface area contributed by atoms with Crippen LogP contribution in [0, 0.1) is 13.8 Å². The lowest BCUT2D eigenvalue weighted by Crippen LogP contribution is -2.22. The number of aryl methyl sites for hydroxylation is 2. The molecule has 0 spiro atoms. The Hall–Kier alpha value is -1.62. The van der Waals surface area contributed by atoms with E-state index < -0.39 is 0 Å². The molecule has 0 aliphatic rings. The summed E-state index contributed by atoms with van der Waals surface area (Å²) >= 11 is 1.57. The van der Waals surface area contributed by atoms with Crippen molar-refractivity contribution in [2.45, 2.75) is 20.4 Å². The molecule has 0 aliphatic carbocycles. The average Bonchev–Trinajstić information content (AvgIpc) is 2.84.